The predicted molar refractivity (Wildman–Crippen MR) is 100 cm³/mol. The van der Waals surface area contributed by atoms with Crippen molar-refractivity contribution in [1.82, 2.24) is 9.80 Å². The van der Waals surface area contributed by atoms with Crippen LogP contribution in [0.2, 0.25) is 0 Å². The molecular weight excluding hydrogens is 324 g/mol. The van der Waals surface area contributed by atoms with Crippen molar-refractivity contribution in [2.45, 2.75) is 51.9 Å². The van der Waals surface area contributed by atoms with E-state index in [4.69, 9.17) is 9.47 Å². The molecule has 1 saturated heterocycles. The number of benzene rings is 1. The normalized spacial score (nSPS) is 24.4. The summed E-state index contributed by atoms with van der Waals surface area (Å²) in [4.78, 5) is 5.09. The highest BCUT2D eigenvalue weighted by Crippen LogP contribution is 2.32. The van der Waals surface area contributed by atoms with Crippen LogP contribution in [0.4, 0.5) is 0 Å². The van der Waals surface area contributed by atoms with E-state index in [2.05, 4.69) is 54.8 Å². The second kappa shape index (κ2) is 9.04. The molecule has 0 radical (unpaired) electrons. The third-order valence-corrected chi connectivity index (χ3v) is 4.96. The van der Waals surface area contributed by atoms with Gasteiger partial charge in [0.2, 0.25) is 0 Å². The summed E-state index contributed by atoms with van der Waals surface area (Å²) in [5, 5.41) is 0. The Balaban J connectivity index is 0.00000208. The van der Waals surface area contributed by atoms with Crippen LogP contribution in [-0.4, -0.2) is 61.0 Å². The van der Waals surface area contributed by atoms with E-state index in [0.717, 1.165) is 45.0 Å². The van der Waals surface area contributed by atoms with Crippen molar-refractivity contribution in [2.24, 2.45) is 0 Å². The van der Waals surface area contributed by atoms with Crippen LogP contribution < -0.4 is 4.74 Å². The third kappa shape index (κ3) is 4.23. The number of para-hydroxylation sites is 1. The van der Waals surface area contributed by atoms with Crippen molar-refractivity contribution in [3.63, 3.8) is 0 Å². The molecule has 2 aliphatic rings. The van der Waals surface area contributed by atoms with E-state index >= 15 is 0 Å². The van der Waals surface area contributed by atoms with Gasteiger partial charge in [0.05, 0.1) is 19.3 Å². The Kier molecular flexibility index (Phi) is 7.35. The average Bonchev–Trinajstić information content (AvgIpc) is 2.59. The number of rotatable bonds is 5. The quantitative estimate of drug-likeness (QED) is 0.810. The van der Waals surface area contributed by atoms with Gasteiger partial charge in [0, 0.05) is 19.1 Å². The molecule has 0 N–H and O–H groups in total. The molecule has 2 heterocycles. The molecule has 0 saturated carbocycles. The second-order valence-corrected chi connectivity index (χ2v) is 6.87. The lowest BCUT2D eigenvalue weighted by atomic mass is 9.97. The van der Waals surface area contributed by atoms with Gasteiger partial charge in [-0.05, 0) is 44.9 Å². The first kappa shape index (κ1) is 19.5. The minimum absolute atomic E-state index is 0. The molecule has 0 spiro atoms. The number of nitrogens with zero attached hydrogens (tertiary/aromatic N) is 2. The first-order chi connectivity index (χ1) is 11.2. The summed E-state index contributed by atoms with van der Waals surface area (Å²) in [6.07, 6.45) is 2.37. The lowest BCUT2D eigenvalue weighted by Crippen LogP contribution is -2.61. The molecule has 1 aromatic carbocycles. The number of halogens is 1. The van der Waals surface area contributed by atoms with Gasteiger partial charge in [0.25, 0.3) is 0 Å². The molecule has 2 aliphatic heterocycles. The predicted octanol–water partition coefficient (Wildman–Crippen LogP) is 3.19. The molecule has 0 aromatic heterocycles. The minimum Gasteiger partial charge on any atom is -0.473 e. The maximum absolute atomic E-state index is 6.49. The number of fused-ring (bicyclic) bond motifs is 1. The van der Waals surface area contributed by atoms with E-state index < -0.39 is 0 Å². The van der Waals surface area contributed by atoms with E-state index in [-0.39, 0.29) is 18.6 Å². The van der Waals surface area contributed by atoms with Gasteiger partial charge in [-0.3, -0.25) is 9.80 Å². The van der Waals surface area contributed by atoms with Crippen molar-refractivity contribution < 1.29 is 9.47 Å². The summed E-state index contributed by atoms with van der Waals surface area (Å²) >= 11 is 0. The highest BCUT2D eigenvalue weighted by molar-refractivity contribution is 5.85. The van der Waals surface area contributed by atoms with Crippen LogP contribution in [0.15, 0.2) is 24.3 Å². The molecule has 3 rings (SSSR count). The zero-order valence-corrected chi connectivity index (χ0v) is 15.9. The summed E-state index contributed by atoms with van der Waals surface area (Å²) in [5.41, 5.74) is 1.34. The third-order valence-electron chi connectivity index (χ3n) is 4.96. The topological polar surface area (TPSA) is 24.9 Å². The molecule has 2 atom stereocenters. The van der Waals surface area contributed by atoms with Crippen LogP contribution in [0.5, 0.6) is 5.75 Å². The van der Waals surface area contributed by atoms with Gasteiger partial charge in [-0.25, -0.2) is 0 Å². The van der Waals surface area contributed by atoms with E-state index in [1.807, 2.05) is 0 Å². The number of ether oxygens (including phenoxy) is 2. The van der Waals surface area contributed by atoms with Gasteiger partial charge in [-0.15, -0.1) is 12.4 Å². The number of hydrogen-bond acceptors (Lipinski definition) is 4. The molecule has 0 bridgehead atoms. The van der Waals surface area contributed by atoms with Crippen LogP contribution in [-0.2, 0) is 11.2 Å². The molecule has 24 heavy (non-hydrogen) atoms. The van der Waals surface area contributed by atoms with Gasteiger partial charge in [-0.1, -0.05) is 25.1 Å². The molecule has 4 nitrogen and oxygen atoms in total. The smallest absolute Gasteiger partial charge is 0.168 e. The van der Waals surface area contributed by atoms with Crippen molar-refractivity contribution in [3.05, 3.63) is 29.8 Å². The van der Waals surface area contributed by atoms with Crippen molar-refractivity contribution in [1.29, 1.82) is 0 Å². The van der Waals surface area contributed by atoms with Crippen molar-refractivity contribution in [2.75, 3.05) is 32.8 Å². The van der Waals surface area contributed by atoms with Gasteiger partial charge in [-0.2, -0.15) is 0 Å². The van der Waals surface area contributed by atoms with E-state index in [0.29, 0.717) is 12.1 Å². The van der Waals surface area contributed by atoms with Crippen LogP contribution in [0, 0.1) is 0 Å². The Morgan fingerprint density at radius 3 is 2.58 bits per heavy atom. The van der Waals surface area contributed by atoms with Crippen LogP contribution in [0.3, 0.4) is 0 Å². The zero-order valence-electron chi connectivity index (χ0n) is 15.1. The molecule has 136 valence electrons. The molecule has 1 aromatic rings. The standard InChI is InChI=1S/C19H30N2O2.ClH/c1-4-9-21(15(2)3)17-14-16-7-5-6-8-18(16)23-19(17)20-10-12-22-13-11-20;/h5-8,15,17,19H,4,9-14H2,1-3H3;1H/t17?,19-;/m1./s1. The van der Waals surface area contributed by atoms with Crippen molar-refractivity contribution in [3.8, 4) is 5.75 Å². The Hall–Kier alpha value is -0.810. The highest BCUT2D eigenvalue weighted by atomic mass is 35.5. The van der Waals surface area contributed by atoms with Gasteiger partial charge >= 0.3 is 0 Å². The summed E-state index contributed by atoms with van der Waals surface area (Å²) in [6, 6.07) is 9.44. The lowest BCUT2D eigenvalue weighted by molar-refractivity contribution is -0.0959. The van der Waals surface area contributed by atoms with Crippen molar-refractivity contribution >= 4 is 12.4 Å². The fourth-order valence-corrected chi connectivity index (χ4v) is 3.82. The summed E-state index contributed by atoms with van der Waals surface area (Å²) in [7, 11) is 0. The number of morpholine rings is 1. The van der Waals surface area contributed by atoms with E-state index in [1.165, 1.54) is 12.0 Å². The van der Waals surface area contributed by atoms with Crippen LogP contribution in [0.25, 0.3) is 0 Å². The molecule has 1 unspecified atom stereocenters. The summed E-state index contributed by atoms with van der Waals surface area (Å²) in [6.45, 7) is 11.5. The van der Waals surface area contributed by atoms with E-state index in [9.17, 15) is 0 Å². The second-order valence-electron chi connectivity index (χ2n) is 6.87. The molecule has 0 amide bonds. The lowest BCUT2D eigenvalue weighted by Gasteiger charge is -2.47. The number of hydrogen-bond donors (Lipinski definition) is 0. The Labute approximate surface area is 152 Å². The Morgan fingerprint density at radius 2 is 1.92 bits per heavy atom. The maximum Gasteiger partial charge on any atom is 0.168 e. The fourth-order valence-electron chi connectivity index (χ4n) is 3.82. The molecule has 0 aliphatic carbocycles. The Bertz CT molecular complexity index is 506. The fraction of sp³-hybridized carbons (Fsp3) is 0.684. The van der Waals surface area contributed by atoms with Crippen LogP contribution in [0.1, 0.15) is 32.8 Å². The van der Waals surface area contributed by atoms with Gasteiger partial charge in [0.1, 0.15) is 5.75 Å². The van der Waals surface area contributed by atoms with Gasteiger partial charge in [0.15, 0.2) is 6.23 Å². The largest absolute Gasteiger partial charge is 0.473 e. The maximum atomic E-state index is 6.49. The van der Waals surface area contributed by atoms with Crippen LogP contribution >= 0.6 is 12.4 Å². The minimum atomic E-state index is 0. The molecular formula is C19H31ClN2O2. The summed E-state index contributed by atoms with van der Waals surface area (Å²) < 4.78 is 12.0. The molecule has 5 heteroatoms. The zero-order chi connectivity index (χ0) is 16.2. The highest BCUT2D eigenvalue weighted by Gasteiger charge is 2.39. The van der Waals surface area contributed by atoms with Gasteiger partial charge < -0.3 is 9.47 Å². The SMILES string of the molecule is CCCN(C(C)C)C1Cc2ccccc2O[C@H]1N1CCOCC1.Cl. The monoisotopic (exact) mass is 354 g/mol. The summed E-state index contributed by atoms with van der Waals surface area (Å²) in [5.74, 6) is 1.06. The molecule has 1 fully saturated rings. The van der Waals surface area contributed by atoms with E-state index in [1.54, 1.807) is 0 Å². The first-order valence-corrected chi connectivity index (χ1v) is 9.02. The Morgan fingerprint density at radius 1 is 1.21 bits per heavy atom. The average molecular weight is 355 g/mol. The first-order valence-electron chi connectivity index (χ1n) is 9.02.